The molecule has 1 unspecified atom stereocenters. The first kappa shape index (κ1) is 19.1. The maximum absolute atomic E-state index is 12.2. The maximum atomic E-state index is 12.2. The second kappa shape index (κ2) is 8.74. The number of hydrogen-bond donors (Lipinski definition) is 1. The van der Waals surface area contributed by atoms with Gasteiger partial charge in [0.25, 0.3) is 5.91 Å². The van der Waals surface area contributed by atoms with Gasteiger partial charge in [-0.2, -0.15) is 0 Å². The SMILES string of the molecule is CCOc1ccc(NC(=O)C(C)OC(=O)c2cc(Cl)ccc2Cl)cc1. The summed E-state index contributed by atoms with van der Waals surface area (Å²) in [6.07, 6.45) is -1.01. The van der Waals surface area contributed by atoms with Crippen molar-refractivity contribution < 1.29 is 19.1 Å². The number of ether oxygens (including phenoxy) is 2. The number of halogens is 2. The number of rotatable bonds is 6. The Labute approximate surface area is 155 Å². The quantitative estimate of drug-likeness (QED) is 0.743. The van der Waals surface area contributed by atoms with Crippen LogP contribution >= 0.6 is 23.2 Å². The minimum atomic E-state index is -1.01. The van der Waals surface area contributed by atoms with Crippen LogP contribution in [0.3, 0.4) is 0 Å². The van der Waals surface area contributed by atoms with Gasteiger partial charge in [-0.15, -0.1) is 0 Å². The Bertz CT molecular complexity index is 762. The summed E-state index contributed by atoms with van der Waals surface area (Å²) in [4.78, 5) is 24.3. The van der Waals surface area contributed by atoms with Gasteiger partial charge in [0.05, 0.1) is 17.2 Å². The monoisotopic (exact) mass is 381 g/mol. The van der Waals surface area contributed by atoms with E-state index in [1.807, 2.05) is 6.92 Å². The van der Waals surface area contributed by atoms with Gasteiger partial charge in [0.15, 0.2) is 6.10 Å². The normalized spacial score (nSPS) is 11.5. The van der Waals surface area contributed by atoms with Gasteiger partial charge in [-0.25, -0.2) is 4.79 Å². The molecule has 0 aromatic heterocycles. The first-order valence-electron chi connectivity index (χ1n) is 7.60. The van der Waals surface area contributed by atoms with Crippen molar-refractivity contribution in [1.29, 1.82) is 0 Å². The number of anilines is 1. The lowest BCUT2D eigenvalue weighted by Crippen LogP contribution is -2.30. The predicted octanol–water partition coefficient (Wildman–Crippen LogP) is 4.58. The van der Waals surface area contributed by atoms with Crippen LogP contribution in [0.5, 0.6) is 5.75 Å². The molecular formula is C18H17Cl2NO4. The summed E-state index contributed by atoms with van der Waals surface area (Å²) in [5, 5.41) is 3.22. The Morgan fingerprint density at radius 3 is 2.44 bits per heavy atom. The number of esters is 1. The molecular weight excluding hydrogens is 365 g/mol. The molecule has 1 N–H and O–H groups in total. The van der Waals surface area contributed by atoms with E-state index in [0.29, 0.717) is 23.1 Å². The number of amides is 1. The van der Waals surface area contributed by atoms with Gasteiger partial charge < -0.3 is 14.8 Å². The summed E-state index contributed by atoms with van der Waals surface area (Å²) in [5.74, 6) is -0.479. The van der Waals surface area contributed by atoms with E-state index >= 15 is 0 Å². The van der Waals surface area contributed by atoms with Gasteiger partial charge in [-0.05, 0) is 56.3 Å². The summed E-state index contributed by atoms with van der Waals surface area (Å²) in [6, 6.07) is 11.3. The van der Waals surface area contributed by atoms with Gasteiger partial charge in [-0.1, -0.05) is 23.2 Å². The molecule has 0 spiro atoms. The molecule has 0 fully saturated rings. The molecule has 0 saturated heterocycles. The van der Waals surface area contributed by atoms with Crippen LogP contribution in [0.4, 0.5) is 5.69 Å². The van der Waals surface area contributed by atoms with Gasteiger partial charge in [-0.3, -0.25) is 4.79 Å². The maximum Gasteiger partial charge on any atom is 0.340 e. The Balaban J connectivity index is 1.97. The van der Waals surface area contributed by atoms with E-state index in [1.165, 1.54) is 19.1 Å². The zero-order chi connectivity index (χ0) is 18.4. The minimum Gasteiger partial charge on any atom is -0.494 e. The summed E-state index contributed by atoms with van der Waals surface area (Å²) in [7, 11) is 0. The molecule has 2 aromatic carbocycles. The van der Waals surface area contributed by atoms with Gasteiger partial charge in [0, 0.05) is 10.7 Å². The number of carbonyl (C=O) groups excluding carboxylic acids is 2. The molecule has 0 aliphatic rings. The van der Waals surface area contributed by atoms with Crippen molar-refractivity contribution in [3.63, 3.8) is 0 Å². The second-order valence-electron chi connectivity index (χ2n) is 5.12. The zero-order valence-electron chi connectivity index (χ0n) is 13.7. The molecule has 1 atom stereocenters. The fourth-order valence-corrected chi connectivity index (χ4v) is 2.34. The largest absolute Gasteiger partial charge is 0.494 e. The van der Waals surface area contributed by atoms with Crippen LogP contribution < -0.4 is 10.1 Å². The predicted molar refractivity (Wildman–Crippen MR) is 97.6 cm³/mol. The van der Waals surface area contributed by atoms with E-state index in [4.69, 9.17) is 32.7 Å². The lowest BCUT2D eigenvalue weighted by molar-refractivity contribution is -0.123. The van der Waals surface area contributed by atoms with Crippen molar-refractivity contribution in [1.82, 2.24) is 0 Å². The molecule has 0 bridgehead atoms. The fourth-order valence-electron chi connectivity index (χ4n) is 1.98. The highest BCUT2D eigenvalue weighted by Crippen LogP contribution is 2.22. The molecule has 25 heavy (non-hydrogen) atoms. The Morgan fingerprint density at radius 1 is 1.12 bits per heavy atom. The van der Waals surface area contributed by atoms with E-state index in [2.05, 4.69) is 5.32 Å². The van der Waals surface area contributed by atoms with Gasteiger partial charge in [0.2, 0.25) is 0 Å². The topological polar surface area (TPSA) is 64.6 Å². The van der Waals surface area contributed by atoms with E-state index in [9.17, 15) is 9.59 Å². The molecule has 1 amide bonds. The van der Waals surface area contributed by atoms with E-state index in [-0.39, 0.29) is 10.6 Å². The molecule has 0 heterocycles. The highest BCUT2D eigenvalue weighted by Gasteiger charge is 2.21. The van der Waals surface area contributed by atoms with Gasteiger partial charge in [0.1, 0.15) is 5.75 Å². The lowest BCUT2D eigenvalue weighted by atomic mass is 10.2. The molecule has 7 heteroatoms. The second-order valence-corrected chi connectivity index (χ2v) is 5.96. The van der Waals surface area contributed by atoms with Crippen LogP contribution in [-0.2, 0) is 9.53 Å². The zero-order valence-corrected chi connectivity index (χ0v) is 15.2. The van der Waals surface area contributed by atoms with Crippen LogP contribution in [0.15, 0.2) is 42.5 Å². The third-order valence-corrected chi connectivity index (χ3v) is 3.80. The molecule has 5 nitrogen and oxygen atoms in total. The fraction of sp³-hybridized carbons (Fsp3) is 0.222. The Hall–Kier alpha value is -2.24. The average molecular weight is 382 g/mol. The van der Waals surface area contributed by atoms with Crippen molar-refractivity contribution >= 4 is 40.8 Å². The minimum absolute atomic E-state index is 0.106. The number of carbonyl (C=O) groups is 2. The standard InChI is InChI=1S/C18H17Cl2NO4/c1-3-24-14-7-5-13(6-8-14)21-17(22)11(2)25-18(23)15-10-12(19)4-9-16(15)20/h4-11H,3H2,1-2H3,(H,21,22). The van der Waals surface area contributed by atoms with Gasteiger partial charge >= 0.3 is 5.97 Å². The summed E-state index contributed by atoms with van der Waals surface area (Å²) < 4.78 is 10.5. The van der Waals surface area contributed by atoms with Crippen LogP contribution in [0.1, 0.15) is 24.2 Å². The first-order chi connectivity index (χ1) is 11.9. The smallest absolute Gasteiger partial charge is 0.340 e. The van der Waals surface area contributed by atoms with Crippen LogP contribution in [0.25, 0.3) is 0 Å². The molecule has 132 valence electrons. The van der Waals surface area contributed by atoms with Crippen molar-refractivity contribution in [3.8, 4) is 5.75 Å². The third-order valence-electron chi connectivity index (χ3n) is 3.23. The number of benzene rings is 2. The Morgan fingerprint density at radius 2 is 1.80 bits per heavy atom. The molecule has 0 aliphatic carbocycles. The summed E-state index contributed by atoms with van der Waals surface area (Å²) in [6.45, 7) is 3.92. The van der Waals surface area contributed by atoms with Crippen LogP contribution in [0, 0.1) is 0 Å². The lowest BCUT2D eigenvalue weighted by Gasteiger charge is -2.14. The molecule has 0 radical (unpaired) electrons. The van der Waals surface area contributed by atoms with E-state index < -0.39 is 18.0 Å². The summed E-state index contributed by atoms with van der Waals surface area (Å²) >= 11 is 11.8. The molecule has 0 aliphatic heterocycles. The van der Waals surface area contributed by atoms with Crippen LogP contribution in [0.2, 0.25) is 10.0 Å². The number of hydrogen-bond acceptors (Lipinski definition) is 4. The van der Waals surface area contributed by atoms with E-state index in [0.717, 1.165) is 0 Å². The molecule has 0 saturated carbocycles. The van der Waals surface area contributed by atoms with Crippen LogP contribution in [-0.4, -0.2) is 24.6 Å². The summed E-state index contributed by atoms with van der Waals surface area (Å²) in [5.41, 5.74) is 0.673. The molecule has 2 aromatic rings. The number of nitrogens with one attached hydrogen (secondary N) is 1. The highest BCUT2D eigenvalue weighted by molar-refractivity contribution is 6.35. The third kappa shape index (κ3) is 5.37. The van der Waals surface area contributed by atoms with E-state index in [1.54, 1.807) is 30.3 Å². The Kier molecular flexibility index (Phi) is 6.67. The van der Waals surface area contributed by atoms with Crippen molar-refractivity contribution in [2.75, 3.05) is 11.9 Å². The first-order valence-corrected chi connectivity index (χ1v) is 8.36. The average Bonchev–Trinajstić information content (AvgIpc) is 2.58. The molecule has 2 rings (SSSR count). The highest BCUT2D eigenvalue weighted by atomic mass is 35.5. The van der Waals surface area contributed by atoms with Crippen molar-refractivity contribution in [2.45, 2.75) is 20.0 Å². The van der Waals surface area contributed by atoms with Crippen molar-refractivity contribution in [3.05, 3.63) is 58.1 Å². The van der Waals surface area contributed by atoms with Crippen molar-refractivity contribution in [2.24, 2.45) is 0 Å².